The molecular weight excluding hydrogens is 294 g/mol. The van der Waals surface area contributed by atoms with E-state index in [2.05, 4.69) is 10.3 Å². The summed E-state index contributed by atoms with van der Waals surface area (Å²) in [4.78, 5) is 30.4. The van der Waals surface area contributed by atoms with Crippen molar-refractivity contribution in [3.8, 4) is 5.75 Å². The molecule has 0 bridgehead atoms. The summed E-state index contributed by atoms with van der Waals surface area (Å²) in [5.41, 5.74) is 0.126. The molecule has 0 aromatic heterocycles. The van der Waals surface area contributed by atoms with Gasteiger partial charge in [-0.25, -0.2) is 0 Å². The number of nitrogens with one attached hydrogen (secondary N) is 1. The number of rotatable bonds is 2. The predicted octanol–water partition coefficient (Wildman–Crippen LogP) is 2.11. The van der Waals surface area contributed by atoms with Crippen LogP contribution >= 0.6 is 0 Å². The Hall–Kier alpha value is -2.89. The van der Waals surface area contributed by atoms with Crippen molar-refractivity contribution in [3.05, 3.63) is 48.2 Å². The largest absolute Gasteiger partial charge is 0.506 e. The van der Waals surface area contributed by atoms with E-state index in [0.717, 1.165) is 5.56 Å². The number of amides is 2. The Labute approximate surface area is 133 Å². The molecule has 2 heterocycles. The minimum absolute atomic E-state index is 0.0161. The lowest BCUT2D eigenvalue weighted by molar-refractivity contribution is -0.130. The number of amidine groups is 1. The smallest absolute Gasteiger partial charge is 0.251 e. The molecule has 2 amide bonds. The minimum Gasteiger partial charge on any atom is -0.506 e. The van der Waals surface area contributed by atoms with Crippen molar-refractivity contribution in [2.24, 2.45) is 4.99 Å². The van der Waals surface area contributed by atoms with Gasteiger partial charge < -0.3 is 15.3 Å². The SMILES string of the molecule is Cc1ccc(O)c(NC(=O)C2(C)CC(=O)N=C3C=CC=CN32)c1. The number of phenolic OH excluding ortho intramolecular Hbond substituents is 1. The number of allylic oxidation sites excluding steroid dienone is 2. The first-order valence-corrected chi connectivity index (χ1v) is 7.27. The van der Waals surface area contributed by atoms with Crippen LogP contribution in [0, 0.1) is 6.92 Å². The van der Waals surface area contributed by atoms with Crippen LogP contribution in [0.2, 0.25) is 0 Å². The Kier molecular flexibility index (Phi) is 3.52. The summed E-state index contributed by atoms with van der Waals surface area (Å²) in [6, 6.07) is 4.96. The third kappa shape index (κ3) is 2.63. The number of hydrogen-bond donors (Lipinski definition) is 2. The number of phenols is 1. The summed E-state index contributed by atoms with van der Waals surface area (Å²) >= 11 is 0. The molecule has 0 aliphatic carbocycles. The second-order valence-corrected chi connectivity index (χ2v) is 5.86. The van der Waals surface area contributed by atoms with Crippen LogP contribution in [-0.2, 0) is 9.59 Å². The number of aliphatic imine (C=N–C) groups is 1. The van der Waals surface area contributed by atoms with Gasteiger partial charge in [-0.3, -0.25) is 9.59 Å². The maximum Gasteiger partial charge on any atom is 0.251 e. The molecule has 6 heteroatoms. The number of carbonyl (C=O) groups excluding carboxylic acids is 2. The van der Waals surface area contributed by atoms with E-state index in [4.69, 9.17) is 0 Å². The number of aromatic hydroxyl groups is 1. The number of nitrogens with zero attached hydrogens (tertiary/aromatic N) is 2. The first-order valence-electron chi connectivity index (χ1n) is 7.27. The first-order chi connectivity index (χ1) is 10.9. The van der Waals surface area contributed by atoms with E-state index in [1.807, 2.05) is 6.92 Å². The van der Waals surface area contributed by atoms with E-state index in [1.54, 1.807) is 48.4 Å². The number of anilines is 1. The van der Waals surface area contributed by atoms with Gasteiger partial charge in [0.2, 0.25) is 0 Å². The monoisotopic (exact) mass is 311 g/mol. The lowest BCUT2D eigenvalue weighted by atomic mass is 9.91. The summed E-state index contributed by atoms with van der Waals surface area (Å²) in [5.74, 6) is -0.297. The van der Waals surface area contributed by atoms with Gasteiger partial charge in [-0.05, 0) is 43.7 Å². The van der Waals surface area contributed by atoms with E-state index in [9.17, 15) is 14.7 Å². The highest BCUT2D eigenvalue weighted by atomic mass is 16.3. The highest BCUT2D eigenvalue weighted by Gasteiger charge is 2.45. The summed E-state index contributed by atoms with van der Waals surface area (Å²) in [6.45, 7) is 3.55. The molecule has 2 aliphatic heterocycles. The van der Waals surface area contributed by atoms with Gasteiger partial charge in [0.25, 0.3) is 11.8 Å². The van der Waals surface area contributed by atoms with Gasteiger partial charge >= 0.3 is 0 Å². The third-order valence-corrected chi connectivity index (χ3v) is 3.99. The first kappa shape index (κ1) is 15.0. The molecule has 2 N–H and O–H groups in total. The van der Waals surface area contributed by atoms with Crippen LogP contribution in [-0.4, -0.2) is 33.2 Å². The molecule has 118 valence electrons. The fourth-order valence-electron chi connectivity index (χ4n) is 2.69. The van der Waals surface area contributed by atoms with Crippen molar-refractivity contribution >= 4 is 23.3 Å². The van der Waals surface area contributed by atoms with Crippen molar-refractivity contribution in [2.45, 2.75) is 25.8 Å². The Morgan fingerprint density at radius 1 is 1.39 bits per heavy atom. The number of carbonyl (C=O) groups is 2. The van der Waals surface area contributed by atoms with Crippen molar-refractivity contribution in [2.75, 3.05) is 5.32 Å². The zero-order valence-electron chi connectivity index (χ0n) is 12.9. The van der Waals surface area contributed by atoms with Gasteiger partial charge in [0.1, 0.15) is 17.1 Å². The van der Waals surface area contributed by atoms with Crippen molar-refractivity contribution in [3.63, 3.8) is 0 Å². The van der Waals surface area contributed by atoms with E-state index in [0.29, 0.717) is 11.5 Å². The molecule has 0 fully saturated rings. The summed E-state index contributed by atoms with van der Waals surface area (Å²) in [6.07, 6.45) is 6.92. The molecule has 1 aromatic carbocycles. The minimum atomic E-state index is -1.11. The maximum absolute atomic E-state index is 12.8. The van der Waals surface area contributed by atoms with Gasteiger partial charge in [-0.1, -0.05) is 12.1 Å². The molecule has 1 aromatic rings. The predicted molar refractivity (Wildman–Crippen MR) is 87.1 cm³/mol. The van der Waals surface area contributed by atoms with Crippen LogP contribution in [0.4, 0.5) is 5.69 Å². The number of fused-ring (bicyclic) bond motifs is 1. The molecule has 6 nitrogen and oxygen atoms in total. The standard InChI is InChI=1S/C17H17N3O3/c1-11-6-7-13(21)12(9-11)18-16(23)17(2)10-15(22)19-14-5-3-4-8-20(14)17/h3-9,21H,10H2,1-2H3,(H,18,23). The molecule has 0 radical (unpaired) electrons. The third-order valence-electron chi connectivity index (χ3n) is 3.99. The molecule has 2 aliphatic rings. The highest BCUT2D eigenvalue weighted by molar-refractivity contribution is 6.12. The van der Waals surface area contributed by atoms with Crippen LogP contribution in [0.3, 0.4) is 0 Å². The van der Waals surface area contributed by atoms with Crippen molar-refractivity contribution in [1.82, 2.24) is 4.90 Å². The Bertz CT molecular complexity index is 779. The normalized spacial score (nSPS) is 22.6. The lowest BCUT2D eigenvalue weighted by Crippen LogP contribution is -2.58. The van der Waals surface area contributed by atoms with Crippen LogP contribution in [0.25, 0.3) is 0 Å². The van der Waals surface area contributed by atoms with Crippen molar-refractivity contribution in [1.29, 1.82) is 0 Å². The number of aryl methyl sites for hydroxylation is 1. The Morgan fingerprint density at radius 2 is 2.17 bits per heavy atom. The molecule has 0 saturated heterocycles. The molecular formula is C17H17N3O3. The zero-order valence-corrected chi connectivity index (χ0v) is 12.9. The molecule has 3 rings (SSSR count). The van der Waals surface area contributed by atoms with Gasteiger partial charge in [-0.2, -0.15) is 4.99 Å². The Morgan fingerprint density at radius 3 is 2.96 bits per heavy atom. The summed E-state index contributed by atoms with van der Waals surface area (Å²) in [7, 11) is 0. The lowest BCUT2D eigenvalue weighted by Gasteiger charge is -2.41. The molecule has 1 atom stereocenters. The van der Waals surface area contributed by atoms with Gasteiger partial charge in [-0.15, -0.1) is 0 Å². The van der Waals surface area contributed by atoms with E-state index >= 15 is 0 Å². The van der Waals surface area contributed by atoms with E-state index in [1.165, 1.54) is 6.07 Å². The second kappa shape index (κ2) is 5.39. The molecule has 0 saturated carbocycles. The fourth-order valence-corrected chi connectivity index (χ4v) is 2.69. The van der Waals surface area contributed by atoms with E-state index < -0.39 is 5.54 Å². The molecule has 1 unspecified atom stereocenters. The van der Waals surface area contributed by atoms with Crippen LogP contribution in [0.15, 0.2) is 47.6 Å². The fraction of sp³-hybridized carbons (Fsp3) is 0.235. The Balaban J connectivity index is 1.93. The van der Waals surface area contributed by atoms with Crippen molar-refractivity contribution < 1.29 is 14.7 Å². The van der Waals surface area contributed by atoms with E-state index in [-0.39, 0.29) is 24.0 Å². The zero-order chi connectivity index (χ0) is 16.6. The van der Waals surface area contributed by atoms with Gasteiger partial charge in [0, 0.05) is 6.20 Å². The van der Waals surface area contributed by atoms with Crippen LogP contribution in [0.5, 0.6) is 5.75 Å². The van der Waals surface area contributed by atoms with Gasteiger partial charge in [0.05, 0.1) is 12.1 Å². The maximum atomic E-state index is 12.8. The van der Waals surface area contributed by atoms with Crippen LogP contribution < -0.4 is 5.32 Å². The quantitative estimate of drug-likeness (QED) is 0.820. The average Bonchev–Trinajstić information content (AvgIpc) is 2.50. The van der Waals surface area contributed by atoms with Gasteiger partial charge in [0.15, 0.2) is 0 Å². The topological polar surface area (TPSA) is 82.0 Å². The van der Waals surface area contributed by atoms with Crippen LogP contribution in [0.1, 0.15) is 18.9 Å². The number of benzene rings is 1. The second-order valence-electron chi connectivity index (χ2n) is 5.86. The molecule has 23 heavy (non-hydrogen) atoms. The molecule has 0 spiro atoms. The number of hydrogen-bond acceptors (Lipinski definition) is 4. The average molecular weight is 311 g/mol. The summed E-state index contributed by atoms with van der Waals surface area (Å²) < 4.78 is 0. The highest BCUT2D eigenvalue weighted by Crippen LogP contribution is 2.31. The summed E-state index contributed by atoms with van der Waals surface area (Å²) in [5, 5.41) is 12.6.